The Kier molecular flexibility index (Phi) is 5.72. The number of nitrogens with zero attached hydrogens (tertiary/aromatic N) is 1. The number of carbonyl (C=O) groups is 2. The summed E-state index contributed by atoms with van der Waals surface area (Å²) in [5, 5.41) is 0. The molecule has 4 rings (SSSR count). The fourth-order valence-electron chi connectivity index (χ4n) is 4.77. The highest BCUT2D eigenvalue weighted by atomic mass is 16.1. The van der Waals surface area contributed by atoms with E-state index < -0.39 is 0 Å². The predicted octanol–water partition coefficient (Wildman–Crippen LogP) is 4.90. The third kappa shape index (κ3) is 4.10. The minimum Gasteiger partial charge on any atom is -0.303 e. The van der Waals surface area contributed by atoms with E-state index in [-0.39, 0.29) is 17.5 Å². The molecule has 1 saturated heterocycles. The van der Waals surface area contributed by atoms with Crippen LogP contribution in [0.25, 0.3) is 0 Å². The zero-order valence-corrected chi connectivity index (χ0v) is 16.7. The van der Waals surface area contributed by atoms with E-state index in [9.17, 15) is 9.59 Å². The van der Waals surface area contributed by atoms with Crippen LogP contribution in [0.15, 0.2) is 48.5 Å². The molecular weight excluding hydrogens is 346 g/mol. The minimum absolute atomic E-state index is 0.0660. The number of fused-ring (bicyclic) bond motifs is 1. The van der Waals surface area contributed by atoms with Crippen LogP contribution in [0.3, 0.4) is 0 Å². The lowest BCUT2D eigenvalue weighted by atomic mass is 9.80. The van der Waals surface area contributed by atoms with Gasteiger partial charge in [0.25, 0.3) is 0 Å². The normalized spacial score (nSPS) is 20.8. The highest BCUT2D eigenvalue weighted by molar-refractivity contribution is 6.02. The minimum atomic E-state index is 0.0660. The number of ketones is 2. The molecular formula is C25H29NO2. The van der Waals surface area contributed by atoms with Crippen molar-refractivity contribution in [1.29, 1.82) is 0 Å². The van der Waals surface area contributed by atoms with Crippen molar-refractivity contribution >= 4 is 11.6 Å². The van der Waals surface area contributed by atoms with Gasteiger partial charge >= 0.3 is 0 Å². The van der Waals surface area contributed by atoms with Crippen molar-refractivity contribution in [3.63, 3.8) is 0 Å². The number of piperidine rings is 1. The lowest BCUT2D eigenvalue weighted by Crippen LogP contribution is -2.35. The van der Waals surface area contributed by atoms with Gasteiger partial charge in [-0.15, -0.1) is 0 Å². The van der Waals surface area contributed by atoms with Crippen molar-refractivity contribution in [1.82, 2.24) is 4.90 Å². The fraction of sp³-hybridized carbons (Fsp3) is 0.440. The first-order valence-corrected chi connectivity index (χ1v) is 10.6. The summed E-state index contributed by atoms with van der Waals surface area (Å²) in [6.45, 7) is 4.84. The van der Waals surface area contributed by atoms with Crippen LogP contribution >= 0.6 is 0 Å². The van der Waals surface area contributed by atoms with Crippen molar-refractivity contribution in [2.45, 2.75) is 44.9 Å². The lowest BCUT2D eigenvalue weighted by molar-refractivity contribution is 0.0876. The summed E-state index contributed by atoms with van der Waals surface area (Å²) >= 11 is 0. The van der Waals surface area contributed by atoms with Crippen LogP contribution in [-0.2, 0) is 6.42 Å². The Morgan fingerprint density at radius 2 is 1.79 bits per heavy atom. The quantitative estimate of drug-likeness (QED) is 0.697. The van der Waals surface area contributed by atoms with Crippen molar-refractivity contribution in [2.75, 3.05) is 19.6 Å². The van der Waals surface area contributed by atoms with Crippen molar-refractivity contribution in [3.8, 4) is 0 Å². The Morgan fingerprint density at radius 1 is 1.04 bits per heavy atom. The molecule has 0 amide bonds. The van der Waals surface area contributed by atoms with Gasteiger partial charge in [0.15, 0.2) is 11.6 Å². The van der Waals surface area contributed by atoms with Crippen molar-refractivity contribution in [2.24, 2.45) is 5.92 Å². The molecule has 146 valence electrons. The number of benzene rings is 2. The van der Waals surface area contributed by atoms with Gasteiger partial charge in [0.05, 0.1) is 0 Å². The zero-order valence-electron chi connectivity index (χ0n) is 16.7. The average Bonchev–Trinajstić information content (AvgIpc) is 2.74. The van der Waals surface area contributed by atoms with Crippen LogP contribution in [-0.4, -0.2) is 36.1 Å². The number of carbonyl (C=O) groups excluding carboxylic acids is 2. The Morgan fingerprint density at radius 3 is 2.50 bits per heavy atom. The molecule has 1 heterocycles. The van der Waals surface area contributed by atoms with Gasteiger partial charge in [-0.1, -0.05) is 42.5 Å². The standard InChI is InChI=1S/C25H29NO2/c1-18(27)22-9-10-24-23(17-22)8-7-21(25(24)28)13-16-26-14-11-20(12-15-26)19-5-3-2-4-6-19/h2-6,9-10,17,20-21H,7-8,11-16H2,1H3. The van der Waals surface area contributed by atoms with Gasteiger partial charge in [0.2, 0.25) is 0 Å². The van der Waals surface area contributed by atoms with Crippen LogP contribution in [0.2, 0.25) is 0 Å². The maximum absolute atomic E-state index is 12.9. The smallest absolute Gasteiger partial charge is 0.166 e. The SMILES string of the molecule is CC(=O)c1ccc2c(c1)CCC(CCN1CCC(c3ccccc3)CC1)C2=O. The molecule has 0 saturated carbocycles. The molecule has 1 aliphatic carbocycles. The first kappa shape index (κ1) is 19.1. The molecule has 28 heavy (non-hydrogen) atoms. The van der Waals surface area contributed by atoms with Crippen LogP contribution < -0.4 is 0 Å². The fourth-order valence-corrected chi connectivity index (χ4v) is 4.77. The van der Waals surface area contributed by atoms with Crippen molar-refractivity contribution in [3.05, 3.63) is 70.8 Å². The van der Waals surface area contributed by atoms with Crippen LogP contribution in [0, 0.1) is 5.92 Å². The van der Waals surface area contributed by atoms with E-state index in [0.717, 1.165) is 50.0 Å². The summed E-state index contributed by atoms with van der Waals surface area (Å²) < 4.78 is 0. The number of hydrogen-bond donors (Lipinski definition) is 0. The molecule has 0 radical (unpaired) electrons. The molecule has 2 aromatic rings. The summed E-state index contributed by atoms with van der Waals surface area (Å²) in [6, 6.07) is 16.4. The summed E-state index contributed by atoms with van der Waals surface area (Å²) in [6.07, 6.45) is 5.18. The average molecular weight is 376 g/mol. The second-order valence-electron chi connectivity index (χ2n) is 8.34. The summed E-state index contributed by atoms with van der Waals surface area (Å²) in [4.78, 5) is 27.0. The maximum atomic E-state index is 12.9. The van der Waals surface area contributed by atoms with Gasteiger partial charge in [0.1, 0.15) is 0 Å². The topological polar surface area (TPSA) is 37.4 Å². The highest BCUT2D eigenvalue weighted by Crippen LogP contribution is 2.31. The van der Waals surface area contributed by atoms with E-state index in [4.69, 9.17) is 0 Å². The molecule has 2 aromatic carbocycles. The largest absolute Gasteiger partial charge is 0.303 e. The van der Waals surface area contributed by atoms with Crippen LogP contribution in [0.1, 0.15) is 70.4 Å². The van der Waals surface area contributed by atoms with Crippen LogP contribution in [0.4, 0.5) is 0 Å². The van der Waals surface area contributed by atoms with Gasteiger partial charge in [-0.05, 0) is 81.8 Å². The molecule has 0 spiro atoms. The third-order valence-corrected chi connectivity index (χ3v) is 6.56. The van der Waals surface area contributed by atoms with Gasteiger partial charge < -0.3 is 4.90 Å². The first-order valence-electron chi connectivity index (χ1n) is 10.6. The summed E-state index contributed by atoms with van der Waals surface area (Å²) in [5.41, 5.74) is 4.07. The Balaban J connectivity index is 1.30. The van der Waals surface area contributed by atoms with Gasteiger partial charge in [0, 0.05) is 17.0 Å². The van der Waals surface area contributed by atoms with E-state index in [1.807, 2.05) is 12.1 Å². The molecule has 1 unspecified atom stereocenters. The number of likely N-dealkylation sites (tertiary alicyclic amines) is 1. The Hall–Kier alpha value is -2.26. The third-order valence-electron chi connectivity index (χ3n) is 6.56. The van der Waals surface area contributed by atoms with E-state index in [1.165, 1.54) is 18.4 Å². The Bertz CT molecular complexity index is 850. The van der Waals surface area contributed by atoms with E-state index in [2.05, 4.69) is 35.2 Å². The van der Waals surface area contributed by atoms with Crippen molar-refractivity contribution < 1.29 is 9.59 Å². The summed E-state index contributed by atoms with van der Waals surface area (Å²) in [5.74, 6) is 1.14. The number of rotatable bonds is 5. The molecule has 0 N–H and O–H groups in total. The van der Waals surface area contributed by atoms with Gasteiger partial charge in [-0.25, -0.2) is 0 Å². The molecule has 3 nitrogen and oxygen atoms in total. The number of hydrogen-bond acceptors (Lipinski definition) is 3. The van der Waals surface area contributed by atoms with Gasteiger partial charge in [-0.3, -0.25) is 9.59 Å². The molecule has 2 aliphatic rings. The van der Waals surface area contributed by atoms with Crippen LogP contribution in [0.5, 0.6) is 0 Å². The van der Waals surface area contributed by atoms with Gasteiger partial charge in [-0.2, -0.15) is 0 Å². The number of Topliss-reactive ketones (excluding diaryl/α,β-unsaturated/α-hetero) is 2. The second-order valence-corrected chi connectivity index (χ2v) is 8.34. The van der Waals surface area contributed by atoms with E-state index in [0.29, 0.717) is 11.5 Å². The Labute approximate surface area is 167 Å². The first-order chi connectivity index (χ1) is 13.6. The highest BCUT2D eigenvalue weighted by Gasteiger charge is 2.28. The molecule has 1 fully saturated rings. The summed E-state index contributed by atoms with van der Waals surface area (Å²) in [7, 11) is 0. The molecule has 1 aliphatic heterocycles. The maximum Gasteiger partial charge on any atom is 0.166 e. The molecule has 1 atom stereocenters. The monoisotopic (exact) mass is 375 g/mol. The second kappa shape index (κ2) is 8.40. The molecule has 0 aromatic heterocycles. The predicted molar refractivity (Wildman–Crippen MR) is 112 cm³/mol. The number of aryl methyl sites for hydroxylation is 1. The van der Waals surface area contributed by atoms with E-state index >= 15 is 0 Å². The molecule has 0 bridgehead atoms. The van der Waals surface area contributed by atoms with E-state index in [1.54, 1.807) is 13.0 Å². The molecule has 3 heteroatoms. The lowest BCUT2D eigenvalue weighted by Gasteiger charge is -2.33. The zero-order chi connectivity index (χ0) is 19.5.